The van der Waals surface area contributed by atoms with Gasteiger partial charge in [-0.05, 0) is 19.3 Å². The van der Waals surface area contributed by atoms with Crippen LogP contribution in [0.5, 0.6) is 0 Å². The van der Waals surface area contributed by atoms with Gasteiger partial charge in [-0.1, -0.05) is 40.5 Å². The van der Waals surface area contributed by atoms with Crippen LogP contribution in [0.15, 0.2) is 4.99 Å². The molecule has 0 spiro atoms. The van der Waals surface area contributed by atoms with Crippen LogP contribution in [0.4, 0.5) is 0 Å². The molecule has 4 heteroatoms. The minimum atomic E-state index is 0.201. The molecule has 1 saturated heterocycles. The lowest BCUT2D eigenvalue weighted by Gasteiger charge is -2.54. The van der Waals surface area contributed by atoms with Gasteiger partial charge >= 0.3 is 0 Å². The number of rotatable bonds is 6. The monoisotopic (exact) mass is 295 g/mol. The lowest BCUT2D eigenvalue weighted by molar-refractivity contribution is -0.106. The fourth-order valence-electron chi connectivity index (χ4n) is 3.85. The van der Waals surface area contributed by atoms with Crippen molar-refractivity contribution in [2.45, 2.75) is 66.0 Å². The molecule has 2 N–H and O–H groups in total. The molecule has 122 valence electrons. The quantitative estimate of drug-likeness (QED) is 0.585. The highest BCUT2D eigenvalue weighted by Crippen LogP contribution is 2.52. The van der Waals surface area contributed by atoms with Crippen molar-refractivity contribution in [3.05, 3.63) is 0 Å². The summed E-state index contributed by atoms with van der Waals surface area (Å²) >= 11 is 0. The lowest BCUT2D eigenvalue weighted by Crippen LogP contribution is -2.68. The smallest absolute Gasteiger partial charge is 0.191 e. The van der Waals surface area contributed by atoms with E-state index >= 15 is 0 Å². The molecule has 0 amide bonds. The van der Waals surface area contributed by atoms with E-state index in [2.05, 4.69) is 45.3 Å². The fourth-order valence-corrected chi connectivity index (χ4v) is 3.85. The second-order valence-corrected chi connectivity index (χ2v) is 7.09. The second-order valence-electron chi connectivity index (χ2n) is 7.09. The fraction of sp³-hybridized carbons (Fsp3) is 0.941. The Hall–Kier alpha value is -0.770. The highest BCUT2D eigenvalue weighted by atomic mass is 16.5. The van der Waals surface area contributed by atoms with Gasteiger partial charge in [0.25, 0.3) is 0 Å². The molecule has 0 aromatic rings. The third kappa shape index (κ3) is 3.36. The molecule has 3 atom stereocenters. The Balaban J connectivity index is 1.97. The third-order valence-electron chi connectivity index (χ3n) is 5.40. The molecule has 21 heavy (non-hydrogen) atoms. The molecule has 0 radical (unpaired) electrons. The van der Waals surface area contributed by atoms with E-state index in [0.29, 0.717) is 24.0 Å². The Labute approximate surface area is 130 Å². The number of hydrogen-bond acceptors (Lipinski definition) is 2. The number of ether oxygens (including phenoxy) is 1. The molecule has 2 aliphatic rings. The van der Waals surface area contributed by atoms with Gasteiger partial charge in [-0.15, -0.1) is 0 Å². The first kappa shape index (κ1) is 16.6. The van der Waals surface area contributed by atoms with Crippen LogP contribution in [0.1, 0.15) is 53.9 Å². The van der Waals surface area contributed by atoms with Crippen molar-refractivity contribution in [2.75, 3.05) is 19.7 Å². The molecule has 0 bridgehead atoms. The Bertz CT molecular complexity index is 363. The van der Waals surface area contributed by atoms with Gasteiger partial charge in [-0.3, -0.25) is 4.99 Å². The number of nitrogens with one attached hydrogen (secondary N) is 2. The highest BCUT2D eigenvalue weighted by molar-refractivity contribution is 5.80. The van der Waals surface area contributed by atoms with Crippen LogP contribution in [0.25, 0.3) is 0 Å². The topological polar surface area (TPSA) is 45.7 Å². The van der Waals surface area contributed by atoms with Crippen LogP contribution in [-0.4, -0.2) is 37.8 Å². The van der Waals surface area contributed by atoms with Crippen LogP contribution in [0.3, 0.4) is 0 Å². The summed E-state index contributed by atoms with van der Waals surface area (Å²) in [5.74, 6) is 2.32. The van der Waals surface area contributed by atoms with Crippen LogP contribution in [0, 0.1) is 17.3 Å². The maximum atomic E-state index is 5.87. The summed E-state index contributed by atoms with van der Waals surface area (Å²) in [6.45, 7) is 14.0. The summed E-state index contributed by atoms with van der Waals surface area (Å²) in [5, 5.41) is 7.08. The predicted molar refractivity (Wildman–Crippen MR) is 88.6 cm³/mol. The van der Waals surface area contributed by atoms with E-state index in [9.17, 15) is 0 Å². The molecular formula is C17H33N3O. The van der Waals surface area contributed by atoms with Crippen LogP contribution >= 0.6 is 0 Å². The van der Waals surface area contributed by atoms with E-state index in [-0.39, 0.29) is 5.41 Å². The first-order valence-corrected chi connectivity index (χ1v) is 8.70. The predicted octanol–water partition coefficient (Wildman–Crippen LogP) is 2.79. The largest absolute Gasteiger partial charge is 0.377 e. The van der Waals surface area contributed by atoms with Crippen LogP contribution in [0.2, 0.25) is 0 Å². The maximum Gasteiger partial charge on any atom is 0.191 e. The van der Waals surface area contributed by atoms with Crippen molar-refractivity contribution in [2.24, 2.45) is 22.2 Å². The summed E-state index contributed by atoms with van der Waals surface area (Å²) in [7, 11) is 0. The number of fused-ring (bicyclic) bond motifs is 1. The number of guanidine groups is 1. The Morgan fingerprint density at radius 2 is 2.00 bits per heavy atom. The van der Waals surface area contributed by atoms with Crippen molar-refractivity contribution >= 4 is 5.96 Å². The van der Waals surface area contributed by atoms with Crippen molar-refractivity contribution in [1.29, 1.82) is 0 Å². The van der Waals surface area contributed by atoms with E-state index < -0.39 is 0 Å². The van der Waals surface area contributed by atoms with Gasteiger partial charge in [0, 0.05) is 37.1 Å². The van der Waals surface area contributed by atoms with Gasteiger partial charge in [0.1, 0.15) is 0 Å². The summed E-state index contributed by atoms with van der Waals surface area (Å²) in [4.78, 5) is 4.81. The summed E-state index contributed by atoms with van der Waals surface area (Å²) in [6, 6.07) is 0.476. The molecule has 1 aliphatic heterocycles. The zero-order chi connectivity index (χ0) is 15.5. The zero-order valence-electron chi connectivity index (χ0n) is 14.4. The molecule has 1 heterocycles. The first-order valence-electron chi connectivity index (χ1n) is 8.70. The molecule has 1 aliphatic carbocycles. The summed E-state index contributed by atoms with van der Waals surface area (Å²) < 4.78 is 5.87. The molecule has 3 unspecified atom stereocenters. The minimum absolute atomic E-state index is 0.201. The zero-order valence-corrected chi connectivity index (χ0v) is 14.4. The van der Waals surface area contributed by atoms with E-state index in [0.717, 1.165) is 25.7 Å². The molecule has 0 aromatic heterocycles. The van der Waals surface area contributed by atoms with Crippen molar-refractivity contribution in [3.8, 4) is 0 Å². The summed E-state index contributed by atoms with van der Waals surface area (Å²) in [5.41, 5.74) is 0.201. The van der Waals surface area contributed by atoms with Gasteiger partial charge < -0.3 is 15.4 Å². The lowest BCUT2D eigenvalue weighted by atomic mass is 9.57. The molecule has 1 saturated carbocycles. The average molecular weight is 295 g/mol. The molecule has 4 nitrogen and oxygen atoms in total. The number of hydrogen-bond donors (Lipinski definition) is 2. The van der Waals surface area contributed by atoms with Crippen molar-refractivity contribution in [1.82, 2.24) is 10.6 Å². The van der Waals surface area contributed by atoms with E-state index in [1.165, 1.54) is 19.3 Å². The Kier molecular flexibility index (Phi) is 5.53. The first-order chi connectivity index (χ1) is 10.0. The normalized spacial score (nSPS) is 31.0. The van der Waals surface area contributed by atoms with Gasteiger partial charge in [0.15, 0.2) is 5.96 Å². The van der Waals surface area contributed by atoms with Crippen LogP contribution in [-0.2, 0) is 4.74 Å². The highest BCUT2D eigenvalue weighted by Gasteiger charge is 2.59. The third-order valence-corrected chi connectivity index (χ3v) is 5.40. The maximum absolute atomic E-state index is 5.87. The van der Waals surface area contributed by atoms with E-state index in [1.54, 1.807) is 0 Å². The van der Waals surface area contributed by atoms with E-state index in [4.69, 9.17) is 9.73 Å². The Morgan fingerprint density at radius 1 is 1.29 bits per heavy atom. The number of nitrogens with zero attached hydrogens (tertiary/aromatic N) is 1. The van der Waals surface area contributed by atoms with Crippen LogP contribution < -0.4 is 10.6 Å². The van der Waals surface area contributed by atoms with Gasteiger partial charge in [0.2, 0.25) is 0 Å². The van der Waals surface area contributed by atoms with Gasteiger partial charge in [0.05, 0.1) is 6.10 Å². The van der Waals surface area contributed by atoms with Gasteiger partial charge in [-0.2, -0.15) is 0 Å². The van der Waals surface area contributed by atoms with Crippen molar-refractivity contribution < 1.29 is 4.74 Å². The standard InChI is InChI=1S/C17H33N3O/c1-6-12(7-2)11-19-16(18-8-3)20-14-13-9-10-21-15(13)17(14,4)5/h12-15H,6-11H2,1-5H3,(H2,18,19,20). The minimum Gasteiger partial charge on any atom is -0.377 e. The molecule has 0 aromatic carbocycles. The summed E-state index contributed by atoms with van der Waals surface area (Å²) in [6.07, 6.45) is 4.01. The van der Waals surface area contributed by atoms with Crippen molar-refractivity contribution in [3.63, 3.8) is 0 Å². The molecule has 2 rings (SSSR count). The SMILES string of the molecule is CCNC(=NCC(CC)CC)NC1C2CCOC2C1(C)C. The Morgan fingerprint density at radius 3 is 2.62 bits per heavy atom. The number of aliphatic imine (C=N–C) groups is 1. The van der Waals surface area contributed by atoms with E-state index in [1.807, 2.05) is 0 Å². The molecule has 2 fully saturated rings. The molecular weight excluding hydrogens is 262 g/mol. The average Bonchev–Trinajstić information content (AvgIpc) is 2.92. The second kappa shape index (κ2) is 6.99. The van der Waals surface area contributed by atoms with Gasteiger partial charge in [-0.25, -0.2) is 0 Å².